The van der Waals surface area contributed by atoms with E-state index in [-0.39, 0.29) is 0 Å². The Morgan fingerprint density at radius 1 is 1.17 bits per heavy atom. The van der Waals surface area contributed by atoms with Gasteiger partial charge >= 0.3 is 0 Å². The summed E-state index contributed by atoms with van der Waals surface area (Å²) < 4.78 is 1.06. The van der Waals surface area contributed by atoms with Crippen LogP contribution in [0.1, 0.15) is 24.7 Å². The largest absolute Gasteiger partial charge is 0.383 e. The molecule has 0 aliphatic carbocycles. The van der Waals surface area contributed by atoms with E-state index in [9.17, 15) is 0 Å². The van der Waals surface area contributed by atoms with Crippen molar-refractivity contribution in [2.45, 2.75) is 26.7 Å². The second-order valence-electron chi connectivity index (χ2n) is 4.26. The van der Waals surface area contributed by atoms with E-state index in [4.69, 9.17) is 5.73 Å². The molecule has 0 amide bonds. The van der Waals surface area contributed by atoms with E-state index in [1.54, 1.807) is 0 Å². The van der Waals surface area contributed by atoms with Gasteiger partial charge in [0.25, 0.3) is 0 Å². The van der Waals surface area contributed by atoms with Gasteiger partial charge in [0.2, 0.25) is 0 Å². The molecule has 0 unspecified atom stereocenters. The topological polar surface area (TPSA) is 51.8 Å². The number of anilines is 1. The SMILES string of the molecule is CCCc1nc(N)c(C)c(-c2ccc(Br)cc2)n1. The Hall–Kier alpha value is -1.42. The van der Waals surface area contributed by atoms with Gasteiger partial charge in [0.05, 0.1) is 5.69 Å². The summed E-state index contributed by atoms with van der Waals surface area (Å²) in [5.41, 5.74) is 8.90. The molecule has 0 spiro atoms. The van der Waals surface area contributed by atoms with E-state index < -0.39 is 0 Å². The average molecular weight is 306 g/mol. The second-order valence-corrected chi connectivity index (χ2v) is 5.17. The molecule has 0 saturated carbocycles. The van der Waals surface area contributed by atoms with Gasteiger partial charge in [0.1, 0.15) is 11.6 Å². The standard InChI is InChI=1S/C14H16BrN3/c1-3-4-12-17-13(9(2)14(16)18-12)10-5-7-11(15)8-6-10/h5-8H,3-4H2,1-2H3,(H2,16,17,18). The molecule has 2 rings (SSSR count). The Morgan fingerprint density at radius 2 is 1.83 bits per heavy atom. The zero-order chi connectivity index (χ0) is 13.1. The minimum Gasteiger partial charge on any atom is -0.383 e. The Bertz CT molecular complexity index is 550. The van der Waals surface area contributed by atoms with Gasteiger partial charge in [0, 0.05) is 22.0 Å². The third-order valence-electron chi connectivity index (χ3n) is 2.82. The lowest BCUT2D eigenvalue weighted by atomic mass is 10.1. The summed E-state index contributed by atoms with van der Waals surface area (Å²) in [5.74, 6) is 1.39. The highest BCUT2D eigenvalue weighted by molar-refractivity contribution is 9.10. The van der Waals surface area contributed by atoms with Gasteiger partial charge in [-0.2, -0.15) is 0 Å². The molecule has 1 aromatic heterocycles. The summed E-state index contributed by atoms with van der Waals surface area (Å²) in [6.07, 6.45) is 1.87. The molecule has 94 valence electrons. The van der Waals surface area contributed by atoms with E-state index >= 15 is 0 Å². The third-order valence-corrected chi connectivity index (χ3v) is 3.35. The maximum Gasteiger partial charge on any atom is 0.131 e. The number of hydrogen-bond donors (Lipinski definition) is 1. The predicted molar refractivity (Wildman–Crippen MR) is 78.3 cm³/mol. The van der Waals surface area contributed by atoms with Crippen molar-refractivity contribution in [3.05, 3.63) is 40.1 Å². The highest BCUT2D eigenvalue weighted by atomic mass is 79.9. The van der Waals surface area contributed by atoms with Crippen LogP contribution in [0.5, 0.6) is 0 Å². The molecule has 3 nitrogen and oxygen atoms in total. The smallest absolute Gasteiger partial charge is 0.131 e. The molecule has 0 radical (unpaired) electrons. The monoisotopic (exact) mass is 305 g/mol. The average Bonchev–Trinajstić information content (AvgIpc) is 2.35. The Kier molecular flexibility index (Phi) is 3.97. The predicted octanol–water partition coefficient (Wildman–Crippen LogP) is 3.75. The molecular formula is C14H16BrN3. The number of rotatable bonds is 3. The van der Waals surface area contributed by atoms with Crippen LogP contribution in [0.2, 0.25) is 0 Å². The molecule has 0 saturated heterocycles. The van der Waals surface area contributed by atoms with Gasteiger partial charge in [-0.15, -0.1) is 0 Å². The van der Waals surface area contributed by atoms with Crippen molar-refractivity contribution >= 4 is 21.7 Å². The van der Waals surface area contributed by atoms with E-state index in [0.29, 0.717) is 5.82 Å². The normalized spacial score (nSPS) is 10.6. The lowest BCUT2D eigenvalue weighted by Crippen LogP contribution is -2.04. The van der Waals surface area contributed by atoms with Crippen LogP contribution in [-0.2, 0) is 6.42 Å². The molecule has 1 heterocycles. The maximum atomic E-state index is 5.96. The molecule has 0 aliphatic heterocycles. The summed E-state index contributed by atoms with van der Waals surface area (Å²) in [4.78, 5) is 8.94. The van der Waals surface area contributed by atoms with Crippen LogP contribution in [0.15, 0.2) is 28.7 Å². The van der Waals surface area contributed by atoms with Crippen LogP contribution in [0.3, 0.4) is 0 Å². The molecular weight excluding hydrogens is 290 g/mol. The number of nitrogen functional groups attached to an aromatic ring is 1. The zero-order valence-electron chi connectivity index (χ0n) is 10.6. The van der Waals surface area contributed by atoms with Crippen molar-refractivity contribution in [1.82, 2.24) is 9.97 Å². The first-order valence-electron chi connectivity index (χ1n) is 6.00. The van der Waals surface area contributed by atoms with E-state index in [2.05, 4.69) is 32.8 Å². The van der Waals surface area contributed by atoms with Crippen LogP contribution in [0, 0.1) is 6.92 Å². The molecule has 0 bridgehead atoms. The van der Waals surface area contributed by atoms with Crippen LogP contribution in [-0.4, -0.2) is 9.97 Å². The highest BCUT2D eigenvalue weighted by Gasteiger charge is 2.10. The molecule has 18 heavy (non-hydrogen) atoms. The van der Waals surface area contributed by atoms with Crippen LogP contribution in [0.4, 0.5) is 5.82 Å². The van der Waals surface area contributed by atoms with E-state index in [0.717, 1.165) is 40.0 Å². The van der Waals surface area contributed by atoms with Crippen LogP contribution in [0.25, 0.3) is 11.3 Å². The quantitative estimate of drug-likeness (QED) is 0.939. The number of benzene rings is 1. The number of aromatic nitrogens is 2. The van der Waals surface area contributed by atoms with Gasteiger partial charge in [0.15, 0.2) is 0 Å². The maximum absolute atomic E-state index is 5.96. The fourth-order valence-corrected chi connectivity index (χ4v) is 2.07. The minimum absolute atomic E-state index is 0.575. The zero-order valence-corrected chi connectivity index (χ0v) is 12.2. The molecule has 1 aromatic carbocycles. The number of aryl methyl sites for hydroxylation is 1. The first-order chi connectivity index (χ1) is 8.61. The van der Waals surface area contributed by atoms with Gasteiger partial charge in [-0.1, -0.05) is 35.0 Å². The van der Waals surface area contributed by atoms with Gasteiger partial charge in [-0.3, -0.25) is 0 Å². The van der Waals surface area contributed by atoms with Crippen molar-refractivity contribution in [3.63, 3.8) is 0 Å². The minimum atomic E-state index is 0.575. The Balaban J connectivity index is 2.51. The molecule has 2 N–H and O–H groups in total. The first kappa shape index (κ1) is 13.0. The second kappa shape index (κ2) is 5.48. The molecule has 4 heteroatoms. The summed E-state index contributed by atoms with van der Waals surface area (Å²) in [7, 11) is 0. The Labute approximate surface area is 116 Å². The lowest BCUT2D eigenvalue weighted by molar-refractivity contribution is 0.836. The van der Waals surface area contributed by atoms with E-state index in [1.807, 2.05) is 31.2 Å². The fourth-order valence-electron chi connectivity index (χ4n) is 1.81. The lowest BCUT2D eigenvalue weighted by Gasteiger charge is -2.10. The number of nitrogens with two attached hydrogens (primary N) is 1. The van der Waals surface area contributed by atoms with Crippen molar-refractivity contribution < 1.29 is 0 Å². The molecule has 2 aromatic rings. The highest BCUT2D eigenvalue weighted by Crippen LogP contribution is 2.25. The Morgan fingerprint density at radius 3 is 2.44 bits per heavy atom. The van der Waals surface area contributed by atoms with Gasteiger partial charge < -0.3 is 5.73 Å². The fraction of sp³-hybridized carbons (Fsp3) is 0.286. The van der Waals surface area contributed by atoms with Crippen molar-refractivity contribution in [3.8, 4) is 11.3 Å². The van der Waals surface area contributed by atoms with E-state index in [1.165, 1.54) is 0 Å². The summed E-state index contributed by atoms with van der Waals surface area (Å²) >= 11 is 3.43. The van der Waals surface area contributed by atoms with Crippen LogP contribution < -0.4 is 5.73 Å². The van der Waals surface area contributed by atoms with Gasteiger partial charge in [-0.25, -0.2) is 9.97 Å². The molecule has 0 aliphatic rings. The summed E-state index contributed by atoms with van der Waals surface area (Å²) in [6, 6.07) is 8.09. The first-order valence-corrected chi connectivity index (χ1v) is 6.80. The van der Waals surface area contributed by atoms with Crippen molar-refractivity contribution in [1.29, 1.82) is 0 Å². The number of nitrogens with zero attached hydrogens (tertiary/aromatic N) is 2. The summed E-state index contributed by atoms with van der Waals surface area (Å²) in [5, 5.41) is 0. The summed E-state index contributed by atoms with van der Waals surface area (Å²) in [6.45, 7) is 4.07. The van der Waals surface area contributed by atoms with Crippen molar-refractivity contribution in [2.75, 3.05) is 5.73 Å². The van der Waals surface area contributed by atoms with Crippen molar-refractivity contribution in [2.24, 2.45) is 0 Å². The molecule has 0 fully saturated rings. The molecule has 0 atom stereocenters. The van der Waals surface area contributed by atoms with Gasteiger partial charge in [-0.05, 0) is 25.5 Å². The number of hydrogen-bond acceptors (Lipinski definition) is 3. The van der Waals surface area contributed by atoms with Crippen LogP contribution >= 0.6 is 15.9 Å². The third kappa shape index (κ3) is 2.70. The number of halogens is 1.